The highest BCUT2D eigenvalue weighted by molar-refractivity contribution is 5.92. The Morgan fingerprint density at radius 1 is 1.43 bits per heavy atom. The van der Waals surface area contributed by atoms with Crippen molar-refractivity contribution < 1.29 is 15.0 Å². The van der Waals surface area contributed by atoms with Gasteiger partial charge < -0.3 is 10.2 Å². The smallest absolute Gasteiger partial charge is 0.358 e. The summed E-state index contributed by atoms with van der Waals surface area (Å²) in [4.78, 5) is 11.3. The molecular formula is C13H17N5O3. The maximum absolute atomic E-state index is 11.3. The minimum absolute atomic E-state index is 0.121. The van der Waals surface area contributed by atoms with E-state index in [9.17, 15) is 15.0 Å². The molecule has 21 heavy (non-hydrogen) atoms. The van der Waals surface area contributed by atoms with Crippen molar-refractivity contribution in [3.63, 3.8) is 0 Å². The van der Waals surface area contributed by atoms with Crippen LogP contribution in [0.5, 0.6) is 0 Å². The molecule has 2 N–H and O–H groups in total. The molecule has 3 rings (SSSR count). The SMILES string of the molecule is Cn1cc(-c2c(C(=O)O)nnn2CC2(O)CCCC2)cn1. The lowest BCUT2D eigenvalue weighted by molar-refractivity contribution is 0.0264. The predicted molar refractivity (Wildman–Crippen MR) is 72.6 cm³/mol. The van der Waals surface area contributed by atoms with E-state index >= 15 is 0 Å². The molecule has 1 aliphatic rings. The van der Waals surface area contributed by atoms with E-state index in [1.165, 1.54) is 4.68 Å². The third kappa shape index (κ3) is 2.54. The number of carboxylic acid groups (broad SMARTS) is 1. The second-order valence-electron chi connectivity index (χ2n) is 5.58. The van der Waals surface area contributed by atoms with Crippen molar-refractivity contribution in [3.8, 4) is 11.3 Å². The number of aromatic nitrogens is 5. The molecule has 2 heterocycles. The molecule has 8 heteroatoms. The molecule has 0 aromatic carbocycles. The Bertz CT molecular complexity index is 669. The van der Waals surface area contributed by atoms with Crippen LogP contribution in [-0.2, 0) is 13.6 Å². The summed E-state index contributed by atoms with van der Waals surface area (Å²) in [6.45, 7) is 0.248. The van der Waals surface area contributed by atoms with Gasteiger partial charge in [-0.1, -0.05) is 18.1 Å². The molecule has 0 bridgehead atoms. The summed E-state index contributed by atoms with van der Waals surface area (Å²) in [5.74, 6) is -1.14. The first kappa shape index (κ1) is 13.7. The third-order valence-electron chi connectivity index (χ3n) is 3.89. The van der Waals surface area contributed by atoms with Crippen LogP contribution in [0, 0.1) is 0 Å². The monoisotopic (exact) mass is 291 g/mol. The zero-order valence-corrected chi connectivity index (χ0v) is 11.7. The van der Waals surface area contributed by atoms with E-state index in [1.807, 2.05) is 0 Å². The number of aliphatic hydroxyl groups is 1. The van der Waals surface area contributed by atoms with Gasteiger partial charge in [0.25, 0.3) is 0 Å². The first-order chi connectivity index (χ1) is 9.98. The minimum Gasteiger partial charge on any atom is -0.476 e. The van der Waals surface area contributed by atoms with E-state index in [4.69, 9.17) is 0 Å². The number of carbonyl (C=O) groups is 1. The van der Waals surface area contributed by atoms with E-state index in [-0.39, 0.29) is 12.2 Å². The molecular weight excluding hydrogens is 274 g/mol. The highest BCUT2D eigenvalue weighted by Gasteiger charge is 2.34. The van der Waals surface area contributed by atoms with E-state index in [2.05, 4.69) is 15.4 Å². The number of hydrogen-bond donors (Lipinski definition) is 2. The van der Waals surface area contributed by atoms with Crippen molar-refractivity contribution >= 4 is 5.97 Å². The molecule has 2 aromatic rings. The molecule has 1 saturated carbocycles. The quantitative estimate of drug-likeness (QED) is 0.858. The minimum atomic E-state index is -1.14. The molecule has 0 amide bonds. The van der Waals surface area contributed by atoms with Gasteiger partial charge in [-0.3, -0.25) is 4.68 Å². The fourth-order valence-electron chi connectivity index (χ4n) is 2.87. The van der Waals surface area contributed by atoms with E-state index in [1.54, 1.807) is 24.1 Å². The number of nitrogens with zero attached hydrogens (tertiary/aromatic N) is 5. The van der Waals surface area contributed by atoms with Gasteiger partial charge in [-0.25, -0.2) is 9.48 Å². The number of aryl methyl sites for hydroxylation is 1. The molecule has 0 spiro atoms. The van der Waals surface area contributed by atoms with Crippen LogP contribution < -0.4 is 0 Å². The third-order valence-corrected chi connectivity index (χ3v) is 3.89. The average Bonchev–Trinajstić information content (AvgIpc) is 3.10. The average molecular weight is 291 g/mol. The van der Waals surface area contributed by atoms with Gasteiger partial charge in [0.15, 0.2) is 5.69 Å². The zero-order chi connectivity index (χ0) is 15.0. The van der Waals surface area contributed by atoms with Crippen molar-refractivity contribution in [3.05, 3.63) is 18.1 Å². The van der Waals surface area contributed by atoms with E-state index in [0.717, 1.165) is 12.8 Å². The second kappa shape index (κ2) is 4.96. The van der Waals surface area contributed by atoms with Crippen molar-refractivity contribution in [2.24, 2.45) is 7.05 Å². The van der Waals surface area contributed by atoms with Crippen molar-refractivity contribution in [2.45, 2.75) is 37.8 Å². The van der Waals surface area contributed by atoms with Gasteiger partial charge in [-0.15, -0.1) is 5.10 Å². The van der Waals surface area contributed by atoms with E-state index < -0.39 is 11.6 Å². The second-order valence-corrected chi connectivity index (χ2v) is 5.58. The Hall–Kier alpha value is -2.22. The Morgan fingerprint density at radius 3 is 2.71 bits per heavy atom. The fourth-order valence-corrected chi connectivity index (χ4v) is 2.87. The van der Waals surface area contributed by atoms with Gasteiger partial charge in [0.05, 0.1) is 18.3 Å². The molecule has 1 aliphatic carbocycles. The standard InChI is InChI=1S/C13H17N5O3/c1-17-7-9(6-14-17)11-10(12(19)20)15-16-18(11)8-13(21)4-2-3-5-13/h6-7,21H,2-5,8H2,1H3,(H,19,20). The molecule has 112 valence electrons. The Balaban J connectivity index is 2.02. The van der Waals surface area contributed by atoms with Gasteiger partial charge in [-0.05, 0) is 12.8 Å². The Labute approximate surface area is 121 Å². The summed E-state index contributed by atoms with van der Waals surface area (Å²) in [7, 11) is 1.75. The summed E-state index contributed by atoms with van der Waals surface area (Å²) in [5, 5.41) is 31.5. The lowest BCUT2D eigenvalue weighted by atomic mass is 10.0. The first-order valence-corrected chi connectivity index (χ1v) is 6.87. The van der Waals surface area contributed by atoms with Crippen molar-refractivity contribution in [1.82, 2.24) is 24.8 Å². The highest BCUT2D eigenvalue weighted by atomic mass is 16.4. The summed E-state index contributed by atoms with van der Waals surface area (Å²) in [5.41, 5.74) is 0.0579. The fraction of sp³-hybridized carbons (Fsp3) is 0.538. The maximum Gasteiger partial charge on any atom is 0.358 e. The van der Waals surface area contributed by atoms with Crippen LogP contribution in [0.2, 0.25) is 0 Å². The molecule has 0 unspecified atom stereocenters. The summed E-state index contributed by atoms with van der Waals surface area (Å²) < 4.78 is 3.06. The van der Waals surface area contributed by atoms with Crippen LogP contribution in [0.25, 0.3) is 11.3 Å². The van der Waals surface area contributed by atoms with Gasteiger partial charge >= 0.3 is 5.97 Å². The Kier molecular flexibility index (Phi) is 3.25. The number of rotatable bonds is 4. The van der Waals surface area contributed by atoms with Crippen molar-refractivity contribution in [2.75, 3.05) is 0 Å². The molecule has 0 atom stereocenters. The van der Waals surface area contributed by atoms with Gasteiger partial charge in [0.1, 0.15) is 5.69 Å². The lowest BCUT2D eigenvalue weighted by Gasteiger charge is -2.22. The van der Waals surface area contributed by atoms with Gasteiger partial charge in [0, 0.05) is 18.8 Å². The maximum atomic E-state index is 11.3. The Morgan fingerprint density at radius 2 is 2.14 bits per heavy atom. The largest absolute Gasteiger partial charge is 0.476 e. The van der Waals surface area contributed by atoms with Crippen LogP contribution in [0.15, 0.2) is 12.4 Å². The van der Waals surface area contributed by atoms with Crippen LogP contribution in [0.4, 0.5) is 0 Å². The van der Waals surface area contributed by atoms with Crippen LogP contribution in [-0.4, -0.2) is 46.6 Å². The van der Waals surface area contributed by atoms with Crippen LogP contribution >= 0.6 is 0 Å². The number of aromatic carboxylic acids is 1. The highest BCUT2D eigenvalue weighted by Crippen LogP contribution is 2.32. The van der Waals surface area contributed by atoms with Crippen LogP contribution in [0.1, 0.15) is 36.2 Å². The van der Waals surface area contributed by atoms with Gasteiger partial charge in [0.2, 0.25) is 0 Å². The first-order valence-electron chi connectivity index (χ1n) is 6.87. The van der Waals surface area contributed by atoms with Crippen LogP contribution in [0.3, 0.4) is 0 Å². The topological polar surface area (TPSA) is 106 Å². The van der Waals surface area contributed by atoms with E-state index in [0.29, 0.717) is 24.1 Å². The summed E-state index contributed by atoms with van der Waals surface area (Å²) in [6.07, 6.45) is 6.61. The molecule has 0 aliphatic heterocycles. The van der Waals surface area contributed by atoms with Crippen molar-refractivity contribution in [1.29, 1.82) is 0 Å². The summed E-state index contributed by atoms with van der Waals surface area (Å²) >= 11 is 0. The van der Waals surface area contributed by atoms with Gasteiger partial charge in [-0.2, -0.15) is 5.10 Å². The molecule has 2 aromatic heterocycles. The molecule has 0 radical (unpaired) electrons. The molecule has 8 nitrogen and oxygen atoms in total. The number of carboxylic acids is 1. The summed E-state index contributed by atoms with van der Waals surface area (Å²) in [6, 6.07) is 0. The lowest BCUT2D eigenvalue weighted by Crippen LogP contribution is -2.31. The number of hydrogen-bond acceptors (Lipinski definition) is 5. The normalized spacial score (nSPS) is 17.2. The zero-order valence-electron chi connectivity index (χ0n) is 11.7. The predicted octanol–water partition coefficient (Wildman–Crippen LogP) is 0.682. The molecule has 1 fully saturated rings. The molecule has 0 saturated heterocycles.